The monoisotopic (exact) mass is 307 g/mol. The second-order valence-corrected chi connectivity index (χ2v) is 5.25. The minimum atomic E-state index is -4.46. The van der Waals surface area contributed by atoms with Crippen LogP contribution in [0.4, 0.5) is 13.2 Å². The predicted molar refractivity (Wildman–Crippen MR) is 67.5 cm³/mol. The number of carbonyl (C=O) groups is 1. The van der Waals surface area contributed by atoms with Crippen LogP contribution in [0.3, 0.4) is 0 Å². The van der Waals surface area contributed by atoms with Crippen LogP contribution in [0, 0.1) is 0 Å². The molecule has 0 amide bonds. The zero-order valence-electron chi connectivity index (χ0n) is 10.5. The normalized spacial score (nSPS) is 20.3. The van der Waals surface area contributed by atoms with Crippen LogP contribution in [-0.4, -0.2) is 28.6 Å². The first-order valence-corrected chi connectivity index (χ1v) is 6.48. The number of rotatable bonds is 3. The van der Waals surface area contributed by atoms with Crippen molar-refractivity contribution in [2.75, 3.05) is 6.54 Å². The smallest absolute Gasteiger partial charge is 0.416 e. The summed E-state index contributed by atoms with van der Waals surface area (Å²) >= 11 is 5.71. The average molecular weight is 308 g/mol. The summed E-state index contributed by atoms with van der Waals surface area (Å²) in [6, 6.07) is 2.68. The van der Waals surface area contributed by atoms with Crippen molar-refractivity contribution in [1.29, 1.82) is 0 Å². The first-order valence-electron chi connectivity index (χ1n) is 6.11. The molecule has 110 valence electrons. The number of carboxylic acids is 1. The summed E-state index contributed by atoms with van der Waals surface area (Å²) in [7, 11) is 0. The molecular formula is C13H13ClF3NO2. The van der Waals surface area contributed by atoms with Gasteiger partial charge in [0, 0.05) is 11.6 Å². The van der Waals surface area contributed by atoms with E-state index in [1.807, 2.05) is 0 Å². The van der Waals surface area contributed by atoms with Gasteiger partial charge in [-0.25, -0.2) is 0 Å². The summed E-state index contributed by atoms with van der Waals surface area (Å²) in [5.41, 5.74) is -0.441. The first kappa shape index (κ1) is 15.1. The molecule has 1 atom stereocenters. The Morgan fingerprint density at radius 3 is 2.70 bits per heavy atom. The van der Waals surface area contributed by atoms with Gasteiger partial charge in [0.2, 0.25) is 0 Å². The molecule has 1 heterocycles. The second kappa shape index (κ2) is 5.61. The lowest BCUT2D eigenvalue weighted by Gasteiger charge is -2.21. The van der Waals surface area contributed by atoms with Gasteiger partial charge in [0.1, 0.15) is 6.04 Å². The predicted octanol–water partition coefficient (Wildman–Crippen LogP) is 3.41. The van der Waals surface area contributed by atoms with E-state index >= 15 is 0 Å². The van der Waals surface area contributed by atoms with Gasteiger partial charge in [0.15, 0.2) is 0 Å². The van der Waals surface area contributed by atoms with Crippen LogP contribution in [-0.2, 0) is 17.5 Å². The Bertz CT molecular complexity index is 519. The Hall–Kier alpha value is -1.27. The zero-order chi connectivity index (χ0) is 14.9. The number of alkyl halides is 3. The number of likely N-dealkylation sites (tertiary alicyclic amines) is 1. The lowest BCUT2D eigenvalue weighted by atomic mass is 10.1. The van der Waals surface area contributed by atoms with Gasteiger partial charge in [-0.1, -0.05) is 11.6 Å². The molecule has 0 saturated carbocycles. The minimum absolute atomic E-state index is 0.000830. The lowest BCUT2D eigenvalue weighted by Crippen LogP contribution is -2.35. The summed E-state index contributed by atoms with van der Waals surface area (Å²) in [4.78, 5) is 12.7. The van der Waals surface area contributed by atoms with Gasteiger partial charge in [-0.2, -0.15) is 13.2 Å². The molecule has 0 aromatic heterocycles. The maximum absolute atomic E-state index is 12.7. The van der Waals surface area contributed by atoms with E-state index in [0.29, 0.717) is 18.5 Å². The molecule has 7 heteroatoms. The van der Waals surface area contributed by atoms with E-state index in [-0.39, 0.29) is 11.6 Å². The summed E-state index contributed by atoms with van der Waals surface area (Å²) in [5, 5.41) is 9.05. The van der Waals surface area contributed by atoms with E-state index in [1.165, 1.54) is 6.07 Å². The van der Waals surface area contributed by atoms with Crippen LogP contribution >= 0.6 is 11.6 Å². The van der Waals surface area contributed by atoms with Crippen LogP contribution < -0.4 is 0 Å². The molecule has 0 bridgehead atoms. The van der Waals surface area contributed by atoms with Crippen molar-refractivity contribution < 1.29 is 23.1 Å². The summed E-state index contributed by atoms with van der Waals surface area (Å²) in [5.74, 6) is -0.944. The van der Waals surface area contributed by atoms with Gasteiger partial charge in [-0.3, -0.25) is 9.69 Å². The molecule has 1 aliphatic heterocycles. The third-order valence-electron chi connectivity index (χ3n) is 3.32. The third kappa shape index (κ3) is 3.43. The fraction of sp³-hybridized carbons (Fsp3) is 0.462. The van der Waals surface area contributed by atoms with Crippen molar-refractivity contribution in [1.82, 2.24) is 4.90 Å². The molecule has 0 aliphatic carbocycles. The molecule has 2 rings (SSSR count). The molecular weight excluding hydrogens is 295 g/mol. The van der Waals surface area contributed by atoms with Crippen LogP contribution in [0.5, 0.6) is 0 Å². The van der Waals surface area contributed by atoms with Crippen molar-refractivity contribution >= 4 is 17.6 Å². The van der Waals surface area contributed by atoms with Crippen LogP contribution in [0.15, 0.2) is 18.2 Å². The molecule has 1 fully saturated rings. The van der Waals surface area contributed by atoms with Gasteiger partial charge < -0.3 is 5.11 Å². The fourth-order valence-corrected chi connectivity index (χ4v) is 2.69. The molecule has 1 saturated heterocycles. The van der Waals surface area contributed by atoms with Gasteiger partial charge >= 0.3 is 12.1 Å². The number of nitrogens with zero attached hydrogens (tertiary/aromatic N) is 1. The largest absolute Gasteiger partial charge is 0.480 e. The highest BCUT2D eigenvalue weighted by molar-refractivity contribution is 6.30. The number of aliphatic carboxylic acids is 1. The van der Waals surface area contributed by atoms with E-state index in [4.69, 9.17) is 16.7 Å². The van der Waals surface area contributed by atoms with Crippen molar-refractivity contribution in [3.05, 3.63) is 34.3 Å². The van der Waals surface area contributed by atoms with Crippen molar-refractivity contribution in [3.8, 4) is 0 Å². The maximum Gasteiger partial charge on any atom is 0.416 e. The first-order chi connectivity index (χ1) is 9.27. The minimum Gasteiger partial charge on any atom is -0.480 e. The highest BCUT2D eigenvalue weighted by atomic mass is 35.5. The number of hydrogen-bond donors (Lipinski definition) is 1. The van der Waals surface area contributed by atoms with Crippen molar-refractivity contribution in [2.45, 2.75) is 31.6 Å². The van der Waals surface area contributed by atoms with E-state index in [0.717, 1.165) is 18.6 Å². The zero-order valence-corrected chi connectivity index (χ0v) is 11.2. The Kier molecular flexibility index (Phi) is 4.25. The van der Waals surface area contributed by atoms with E-state index in [2.05, 4.69) is 0 Å². The number of hydrogen-bond acceptors (Lipinski definition) is 2. The fourth-order valence-electron chi connectivity index (χ4n) is 2.43. The van der Waals surface area contributed by atoms with E-state index in [1.54, 1.807) is 4.90 Å². The van der Waals surface area contributed by atoms with Crippen LogP contribution in [0.2, 0.25) is 5.02 Å². The topological polar surface area (TPSA) is 40.5 Å². The summed E-state index contributed by atoms with van der Waals surface area (Å²) in [6.45, 7) is 0.714. The number of carboxylic acid groups (broad SMARTS) is 1. The van der Waals surface area contributed by atoms with Gasteiger partial charge in [-0.05, 0) is 43.1 Å². The molecule has 1 N–H and O–H groups in total. The highest BCUT2D eigenvalue weighted by Crippen LogP contribution is 2.32. The van der Waals surface area contributed by atoms with Gasteiger partial charge in [-0.15, -0.1) is 0 Å². The molecule has 1 unspecified atom stereocenters. The van der Waals surface area contributed by atoms with Crippen LogP contribution in [0.25, 0.3) is 0 Å². The Labute approximate surface area is 118 Å². The summed E-state index contributed by atoms with van der Waals surface area (Å²) in [6.07, 6.45) is -3.22. The van der Waals surface area contributed by atoms with Crippen molar-refractivity contribution in [2.24, 2.45) is 0 Å². The second-order valence-electron chi connectivity index (χ2n) is 4.81. The third-order valence-corrected chi connectivity index (χ3v) is 3.54. The lowest BCUT2D eigenvalue weighted by molar-refractivity contribution is -0.142. The number of benzene rings is 1. The molecule has 1 aromatic rings. The van der Waals surface area contributed by atoms with E-state index < -0.39 is 23.8 Å². The van der Waals surface area contributed by atoms with Gasteiger partial charge in [0.05, 0.1) is 5.56 Å². The summed E-state index contributed by atoms with van der Waals surface area (Å²) < 4.78 is 38.1. The average Bonchev–Trinajstić information content (AvgIpc) is 2.75. The molecule has 1 aliphatic rings. The van der Waals surface area contributed by atoms with Crippen molar-refractivity contribution in [3.63, 3.8) is 0 Å². The molecule has 0 spiro atoms. The maximum atomic E-state index is 12.7. The quantitative estimate of drug-likeness (QED) is 0.930. The molecule has 20 heavy (non-hydrogen) atoms. The van der Waals surface area contributed by atoms with E-state index in [9.17, 15) is 18.0 Å². The standard InChI is InChI=1S/C13H13ClF3NO2/c14-10-5-8(4-9(6-10)13(15,16)17)7-18-3-1-2-11(18)12(19)20/h4-6,11H,1-3,7H2,(H,19,20). The highest BCUT2D eigenvalue weighted by Gasteiger charge is 2.33. The Morgan fingerprint density at radius 2 is 2.10 bits per heavy atom. The molecule has 0 radical (unpaired) electrons. The Morgan fingerprint density at radius 1 is 1.40 bits per heavy atom. The molecule has 1 aromatic carbocycles. The Balaban J connectivity index is 2.21. The SMILES string of the molecule is O=C(O)C1CCCN1Cc1cc(Cl)cc(C(F)(F)F)c1. The van der Waals surface area contributed by atoms with Gasteiger partial charge in [0.25, 0.3) is 0 Å². The molecule has 3 nitrogen and oxygen atoms in total. The number of halogens is 4. The van der Waals surface area contributed by atoms with Crippen LogP contribution in [0.1, 0.15) is 24.0 Å².